The highest BCUT2D eigenvalue weighted by Gasteiger charge is 2.29. The van der Waals surface area contributed by atoms with Gasteiger partial charge in [0.05, 0.1) is 17.8 Å². The zero-order valence-corrected chi connectivity index (χ0v) is 19.3. The molecule has 0 unspecified atom stereocenters. The highest BCUT2D eigenvalue weighted by Crippen LogP contribution is 2.29. The molecule has 3 aromatic carbocycles. The van der Waals surface area contributed by atoms with Gasteiger partial charge in [0, 0.05) is 43.5 Å². The summed E-state index contributed by atoms with van der Waals surface area (Å²) in [6.07, 6.45) is 3.24. The summed E-state index contributed by atoms with van der Waals surface area (Å²) < 4.78 is 0. The second-order valence-electron chi connectivity index (χ2n) is 8.54. The SMILES string of the molecule is N#C/C(=C/Nc1ccc2cn[nH]c2c1)C(=O)N1CCN(C(c2ccccc2)c2ccccc2)CC1. The van der Waals surface area contributed by atoms with Crippen molar-refractivity contribution in [3.63, 3.8) is 0 Å². The second kappa shape index (κ2) is 10.2. The van der Waals surface area contributed by atoms with E-state index in [1.807, 2.05) is 30.3 Å². The summed E-state index contributed by atoms with van der Waals surface area (Å²) in [5.41, 5.74) is 4.21. The van der Waals surface area contributed by atoms with Gasteiger partial charge in [0.15, 0.2) is 0 Å². The predicted molar refractivity (Wildman–Crippen MR) is 136 cm³/mol. The third-order valence-corrected chi connectivity index (χ3v) is 6.37. The van der Waals surface area contributed by atoms with Gasteiger partial charge in [0.2, 0.25) is 0 Å². The number of nitrogens with one attached hydrogen (secondary N) is 2. The molecule has 5 rings (SSSR count). The van der Waals surface area contributed by atoms with E-state index in [9.17, 15) is 10.1 Å². The van der Waals surface area contributed by atoms with Gasteiger partial charge in [0.25, 0.3) is 5.91 Å². The molecule has 1 aromatic heterocycles. The van der Waals surface area contributed by atoms with Crippen LogP contribution in [0.15, 0.2) is 96.8 Å². The van der Waals surface area contributed by atoms with Gasteiger partial charge in [-0.2, -0.15) is 10.4 Å². The molecule has 2 heterocycles. The number of anilines is 1. The molecule has 0 radical (unpaired) electrons. The van der Waals surface area contributed by atoms with Crippen molar-refractivity contribution >= 4 is 22.5 Å². The van der Waals surface area contributed by atoms with Crippen molar-refractivity contribution in [1.29, 1.82) is 5.26 Å². The van der Waals surface area contributed by atoms with Crippen LogP contribution in [0.1, 0.15) is 17.2 Å². The van der Waals surface area contributed by atoms with Crippen molar-refractivity contribution in [1.82, 2.24) is 20.0 Å². The fraction of sp³-hybridized carbons (Fsp3) is 0.179. The highest BCUT2D eigenvalue weighted by molar-refractivity contribution is 5.97. The highest BCUT2D eigenvalue weighted by atomic mass is 16.2. The van der Waals surface area contributed by atoms with Gasteiger partial charge in [-0.1, -0.05) is 60.7 Å². The van der Waals surface area contributed by atoms with Crippen LogP contribution < -0.4 is 5.32 Å². The average Bonchev–Trinajstić information content (AvgIpc) is 3.39. The number of piperazine rings is 1. The Kier molecular flexibility index (Phi) is 6.55. The van der Waals surface area contributed by atoms with E-state index >= 15 is 0 Å². The molecule has 35 heavy (non-hydrogen) atoms. The number of aromatic amines is 1. The molecular formula is C28H26N6O. The number of nitrogens with zero attached hydrogens (tertiary/aromatic N) is 4. The van der Waals surface area contributed by atoms with Crippen molar-refractivity contribution < 1.29 is 4.79 Å². The zero-order valence-electron chi connectivity index (χ0n) is 19.3. The molecule has 1 fully saturated rings. The molecule has 1 amide bonds. The third kappa shape index (κ3) is 4.93. The van der Waals surface area contributed by atoms with E-state index in [-0.39, 0.29) is 17.5 Å². The van der Waals surface area contributed by atoms with E-state index < -0.39 is 0 Å². The van der Waals surface area contributed by atoms with Crippen LogP contribution in [-0.2, 0) is 4.79 Å². The molecule has 4 aromatic rings. The number of carbonyl (C=O) groups excluding carboxylic acids is 1. The minimum atomic E-state index is -0.252. The van der Waals surface area contributed by atoms with Crippen LogP contribution in [0, 0.1) is 11.3 Å². The maximum absolute atomic E-state index is 13.1. The van der Waals surface area contributed by atoms with E-state index in [0.717, 1.165) is 29.7 Å². The topological polar surface area (TPSA) is 88.0 Å². The lowest BCUT2D eigenvalue weighted by molar-refractivity contribution is -0.128. The molecule has 1 aliphatic heterocycles. The number of nitriles is 1. The maximum atomic E-state index is 13.1. The molecule has 7 heteroatoms. The van der Waals surface area contributed by atoms with Crippen molar-refractivity contribution in [2.24, 2.45) is 0 Å². The Hall–Kier alpha value is -4.41. The summed E-state index contributed by atoms with van der Waals surface area (Å²) in [5.74, 6) is -0.252. The fourth-order valence-corrected chi connectivity index (χ4v) is 4.56. The Bertz CT molecular complexity index is 1330. The molecule has 1 aliphatic rings. The maximum Gasteiger partial charge on any atom is 0.266 e. The molecular weight excluding hydrogens is 436 g/mol. The van der Waals surface area contributed by atoms with E-state index in [1.54, 1.807) is 11.1 Å². The van der Waals surface area contributed by atoms with E-state index in [2.05, 4.69) is 75.0 Å². The molecule has 7 nitrogen and oxygen atoms in total. The molecule has 0 saturated carbocycles. The quantitative estimate of drug-likeness (QED) is 0.329. The zero-order chi connectivity index (χ0) is 24.0. The Morgan fingerprint density at radius 2 is 1.63 bits per heavy atom. The first-order chi connectivity index (χ1) is 17.2. The third-order valence-electron chi connectivity index (χ3n) is 6.37. The largest absolute Gasteiger partial charge is 0.360 e. The molecule has 2 N–H and O–H groups in total. The number of hydrogen-bond acceptors (Lipinski definition) is 5. The lowest BCUT2D eigenvalue weighted by atomic mass is 9.96. The normalized spacial score (nSPS) is 14.7. The van der Waals surface area contributed by atoms with Gasteiger partial charge in [-0.15, -0.1) is 0 Å². The summed E-state index contributed by atoms with van der Waals surface area (Å²) in [6, 6.07) is 28.8. The molecule has 0 bridgehead atoms. The summed E-state index contributed by atoms with van der Waals surface area (Å²) in [4.78, 5) is 17.3. The Morgan fingerprint density at radius 3 is 2.26 bits per heavy atom. The van der Waals surface area contributed by atoms with Crippen molar-refractivity contribution in [2.45, 2.75) is 6.04 Å². The van der Waals surface area contributed by atoms with Crippen molar-refractivity contribution in [3.05, 3.63) is 108 Å². The first kappa shape index (κ1) is 22.4. The van der Waals surface area contributed by atoms with E-state index in [1.165, 1.54) is 17.3 Å². The summed E-state index contributed by atoms with van der Waals surface area (Å²) in [5, 5.41) is 20.7. The van der Waals surface area contributed by atoms with Crippen LogP contribution in [0.2, 0.25) is 0 Å². The smallest absolute Gasteiger partial charge is 0.266 e. The van der Waals surface area contributed by atoms with Gasteiger partial charge < -0.3 is 10.2 Å². The standard InChI is InChI=1S/C28H26N6O/c29-18-24(19-30-25-12-11-23-20-31-32-26(23)17-25)28(35)34-15-13-33(14-16-34)27(21-7-3-1-4-8-21)22-9-5-2-6-10-22/h1-12,17,19-20,27,30H,13-16H2,(H,31,32)/b24-19-. The van der Waals surface area contributed by atoms with Crippen LogP contribution in [0.3, 0.4) is 0 Å². The van der Waals surface area contributed by atoms with Gasteiger partial charge in [-0.3, -0.25) is 14.8 Å². The van der Waals surface area contributed by atoms with Crippen LogP contribution in [-0.4, -0.2) is 52.1 Å². The summed E-state index contributed by atoms with van der Waals surface area (Å²) >= 11 is 0. The van der Waals surface area contributed by atoms with Gasteiger partial charge in [0.1, 0.15) is 11.6 Å². The van der Waals surface area contributed by atoms with Crippen molar-refractivity contribution in [3.8, 4) is 6.07 Å². The Labute approximate surface area is 204 Å². The van der Waals surface area contributed by atoms with Gasteiger partial charge >= 0.3 is 0 Å². The second-order valence-corrected chi connectivity index (χ2v) is 8.54. The lowest BCUT2D eigenvalue weighted by Gasteiger charge is -2.39. The van der Waals surface area contributed by atoms with E-state index in [0.29, 0.717) is 13.1 Å². The first-order valence-corrected chi connectivity index (χ1v) is 11.7. The van der Waals surface area contributed by atoms with Gasteiger partial charge in [-0.05, 0) is 29.3 Å². The number of hydrogen-bond donors (Lipinski definition) is 2. The first-order valence-electron chi connectivity index (χ1n) is 11.7. The monoisotopic (exact) mass is 462 g/mol. The summed E-state index contributed by atoms with van der Waals surface area (Å²) in [6.45, 7) is 2.58. The minimum absolute atomic E-state index is 0.0887. The molecule has 0 spiro atoms. The fourth-order valence-electron chi connectivity index (χ4n) is 4.56. The number of carbonyl (C=O) groups is 1. The van der Waals surface area contributed by atoms with E-state index in [4.69, 9.17) is 0 Å². The molecule has 174 valence electrons. The minimum Gasteiger partial charge on any atom is -0.360 e. The van der Waals surface area contributed by atoms with Crippen LogP contribution in [0.4, 0.5) is 5.69 Å². The number of fused-ring (bicyclic) bond motifs is 1. The number of amides is 1. The predicted octanol–water partition coefficient (Wildman–Crippen LogP) is 4.32. The number of benzene rings is 3. The number of aromatic nitrogens is 2. The van der Waals surface area contributed by atoms with Crippen molar-refractivity contribution in [2.75, 3.05) is 31.5 Å². The van der Waals surface area contributed by atoms with Crippen LogP contribution in [0.5, 0.6) is 0 Å². The van der Waals surface area contributed by atoms with Gasteiger partial charge in [-0.25, -0.2) is 0 Å². The molecule has 0 atom stereocenters. The average molecular weight is 463 g/mol. The van der Waals surface area contributed by atoms with Crippen LogP contribution in [0.25, 0.3) is 10.9 Å². The number of rotatable bonds is 6. The Morgan fingerprint density at radius 1 is 0.971 bits per heavy atom. The summed E-state index contributed by atoms with van der Waals surface area (Å²) in [7, 11) is 0. The Balaban J connectivity index is 1.27. The molecule has 1 saturated heterocycles. The lowest BCUT2D eigenvalue weighted by Crippen LogP contribution is -2.50. The molecule has 0 aliphatic carbocycles. The van der Waals surface area contributed by atoms with Crippen LogP contribution >= 0.6 is 0 Å². The number of H-pyrrole nitrogens is 1.